The molecule has 0 aromatic heterocycles. The molecule has 1 aliphatic rings. The summed E-state index contributed by atoms with van der Waals surface area (Å²) < 4.78 is 0. The van der Waals surface area contributed by atoms with E-state index in [2.05, 4.69) is 256 Å². The molecule has 0 fully saturated rings. The number of unbranched alkanes of at least 4 members (excludes halogenated alkanes) is 10. The fraction of sp³-hybridized carbons (Fsp3) is 0.309. The summed E-state index contributed by atoms with van der Waals surface area (Å²) >= 11 is 0. The number of para-hydroxylation sites is 1. The van der Waals surface area contributed by atoms with Crippen molar-refractivity contribution < 1.29 is 0 Å². The van der Waals surface area contributed by atoms with Crippen LogP contribution in [0.3, 0.4) is 0 Å². The van der Waals surface area contributed by atoms with Gasteiger partial charge in [-0.25, -0.2) is 0 Å². The molecule has 0 aliphatic heterocycles. The van der Waals surface area contributed by atoms with E-state index in [0.717, 1.165) is 0 Å². The van der Waals surface area contributed by atoms with Gasteiger partial charge in [0.05, 0.1) is 0 Å². The maximum Gasteiger partial charge on any atom is 0.0461 e. The van der Waals surface area contributed by atoms with Gasteiger partial charge in [-0.05, 0) is 160 Å². The maximum atomic E-state index is 2.53. The first-order valence-electron chi connectivity index (χ1n) is 31.0. The van der Waals surface area contributed by atoms with E-state index in [1.807, 2.05) is 42.5 Å². The van der Waals surface area contributed by atoms with Crippen molar-refractivity contribution >= 4 is 38.6 Å². The number of nitrogens with zero attached hydrogens (tertiary/aromatic N) is 1. The van der Waals surface area contributed by atoms with Crippen molar-refractivity contribution in [3.8, 4) is 11.1 Å². The summed E-state index contributed by atoms with van der Waals surface area (Å²) in [6.07, 6.45) is 19.2. The first kappa shape index (κ1) is 62.1. The van der Waals surface area contributed by atoms with Crippen molar-refractivity contribution in [1.82, 2.24) is 0 Å². The molecule has 1 aliphatic carbocycles. The molecule has 0 bridgehead atoms. The van der Waals surface area contributed by atoms with Gasteiger partial charge >= 0.3 is 0 Å². The lowest BCUT2D eigenvalue weighted by molar-refractivity contribution is 0.397. The highest BCUT2D eigenvalue weighted by Gasteiger charge is 2.42. The van der Waals surface area contributed by atoms with E-state index in [1.165, 1.54) is 184 Å². The van der Waals surface area contributed by atoms with Crippen LogP contribution in [0.4, 0.5) is 17.1 Å². The predicted molar refractivity (Wildman–Crippen MR) is 362 cm³/mol. The van der Waals surface area contributed by atoms with Crippen LogP contribution in [0.2, 0.25) is 0 Å². The highest BCUT2D eigenvalue weighted by molar-refractivity contribution is 6.05. The van der Waals surface area contributed by atoms with E-state index >= 15 is 0 Å². The summed E-state index contributed by atoms with van der Waals surface area (Å²) in [4.78, 5) is 2.28. The molecule has 0 amide bonds. The van der Waals surface area contributed by atoms with Gasteiger partial charge in [0.15, 0.2) is 0 Å². The van der Waals surface area contributed by atoms with Crippen LogP contribution in [-0.4, -0.2) is 0 Å². The summed E-state index contributed by atoms with van der Waals surface area (Å²) in [5.41, 5.74) is 20.8. The summed E-state index contributed by atoms with van der Waals surface area (Å²) in [6.45, 7) is 22.0. The van der Waals surface area contributed by atoms with Crippen LogP contribution >= 0.6 is 0 Å². The molecule has 0 heterocycles. The van der Waals surface area contributed by atoms with Gasteiger partial charge in [-0.1, -0.05) is 312 Å². The van der Waals surface area contributed by atoms with Gasteiger partial charge in [0, 0.05) is 22.5 Å². The van der Waals surface area contributed by atoms with Gasteiger partial charge in [-0.2, -0.15) is 0 Å². The molecule has 0 saturated heterocycles. The Kier molecular flexibility index (Phi) is 24.4. The minimum absolute atomic E-state index is 0.234. The second kappa shape index (κ2) is 32.2. The van der Waals surface area contributed by atoms with Gasteiger partial charge in [0.25, 0.3) is 0 Å². The Morgan fingerprint density at radius 1 is 0.268 bits per heavy atom. The molecule has 1 nitrogen and oxygen atoms in total. The summed E-state index contributed by atoms with van der Waals surface area (Å²) in [5, 5.41) is 5.50. The number of rotatable bonds is 17. The van der Waals surface area contributed by atoms with Crippen molar-refractivity contribution in [3.63, 3.8) is 0 Å². The summed E-state index contributed by atoms with van der Waals surface area (Å²) in [6, 6.07) is 80.1. The van der Waals surface area contributed by atoms with Gasteiger partial charge in [-0.3, -0.25) is 0 Å². The second-order valence-corrected chi connectivity index (χ2v) is 23.2. The lowest BCUT2D eigenvalue weighted by Gasteiger charge is -2.33. The number of benzene rings is 10. The molecule has 1 heteroatoms. The zero-order valence-corrected chi connectivity index (χ0v) is 51.7. The Hall–Kier alpha value is -7.48. The molecular formula is C81H95N. The highest BCUT2D eigenvalue weighted by atomic mass is 15.1. The highest BCUT2D eigenvalue weighted by Crippen LogP contribution is 2.54. The average molecular weight is 1080 g/mol. The third-order valence-electron chi connectivity index (χ3n) is 16.5. The molecule has 0 N–H and O–H groups in total. The minimum Gasteiger partial charge on any atom is -0.311 e. The maximum absolute atomic E-state index is 2.53. The van der Waals surface area contributed by atoms with Crippen LogP contribution in [0.5, 0.6) is 0 Å². The van der Waals surface area contributed by atoms with Gasteiger partial charge < -0.3 is 4.90 Å². The number of hydrogen-bond acceptors (Lipinski definition) is 1. The largest absolute Gasteiger partial charge is 0.311 e. The molecule has 10 aromatic rings. The predicted octanol–water partition coefficient (Wildman–Crippen LogP) is 24.4. The molecule has 0 spiro atoms. The van der Waals surface area contributed by atoms with E-state index in [-0.39, 0.29) is 5.41 Å². The zero-order valence-electron chi connectivity index (χ0n) is 51.7. The lowest BCUT2D eigenvalue weighted by atomic mass is 9.70. The van der Waals surface area contributed by atoms with Gasteiger partial charge in [0.1, 0.15) is 0 Å². The number of fused-ring (bicyclic) bond motifs is 5. The summed E-state index contributed by atoms with van der Waals surface area (Å²) in [7, 11) is 0. The third-order valence-corrected chi connectivity index (χ3v) is 16.5. The zero-order chi connectivity index (χ0) is 58.1. The molecule has 0 radical (unpaired) electrons. The minimum atomic E-state index is 0.234. The van der Waals surface area contributed by atoms with Crippen molar-refractivity contribution in [1.29, 1.82) is 0 Å². The van der Waals surface area contributed by atoms with E-state index < -0.39 is 0 Å². The molecular weight excluding hydrogens is 987 g/mol. The van der Waals surface area contributed by atoms with Crippen molar-refractivity contribution in [2.75, 3.05) is 4.90 Å². The van der Waals surface area contributed by atoms with Gasteiger partial charge in [-0.15, -0.1) is 0 Å². The van der Waals surface area contributed by atoms with Crippen molar-refractivity contribution in [3.05, 3.63) is 280 Å². The smallest absolute Gasteiger partial charge is 0.0461 e. The Labute approximate surface area is 496 Å². The second-order valence-electron chi connectivity index (χ2n) is 23.2. The van der Waals surface area contributed by atoms with Crippen LogP contribution in [-0.2, 0) is 5.41 Å². The summed E-state index contributed by atoms with van der Waals surface area (Å²) in [5.74, 6) is 0. The quantitative estimate of drug-likeness (QED) is 0.0649. The Balaban J connectivity index is 0.000000163. The first-order valence-corrected chi connectivity index (χ1v) is 31.0. The molecule has 0 saturated carbocycles. The van der Waals surface area contributed by atoms with Crippen LogP contribution in [0, 0.1) is 55.4 Å². The molecule has 11 rings (SSSR count). The Bertz CT molecular complexity index is 3170. The Morgan fingerprint density at radius 3 is 0.878 bits per heavy atom. The van der Waals surface area contributed by atoms with E-state index in [0.29, 0.717) is 0 Å². The third kappa shape index (κ3) is 17.3. The van der Waals surface area contributed by atoms with E-state index in [1.54, 1.807) is 11.1 Å². The lowest BCUT2D eigenvalue weighted by Crippen LogP contribution is -2.25. The standard InChI is InChI=1S/C31H46.C20H19N.C16H14.2C7H8/c1-5-7-9-11-13-15-21-31(22-16-14-12-10-8-6-2)29-23-25(3)17-19-27(29)28-20-18-26(4)24-30(28)31;1-16-8-12-19(13-9-16)21(18-6-4-3-5-7-18)20-14-10-17(2)11-15-20;1-11-13-7-3-5-9-15(13)12(2)16-10-6-4-8-14(11)16;2*1-7-5-3-2-4-6-7/h17-20,23-24H,5-16,21-22H2,1-4H3;3-15H,1-2H3;3-10H,1-2H3;2*2-6H,1H3. The number of anilines is 3. The molecule has 10 aromatic carbocycles. The molecule has 0 atom stereocenters. The topological polar surface area (TPSA) is 3.24 Å². The van der Waals surface area contributed by atoms with E-state index in [4.69, 9.17) is 0 Å². The molecule has 0 unspecified atom stereocenters. The number of hydrogen-bond donors (Lipinski definition) is 0. The Morgan fingerprint density at radius 2 is 0.549 bits per heavy atom. The van der Waals surface area contributed by atoms with Crippen LogP contribution < -0.4 is 4.90 Å². The normalized spacial score (nSPS) is 11.6. The van der Waals surface area contributed by atoms with Gasteiger partial charge in [0.2, 0.25) is 0 Å². The van der Waals surface area contributed by atoms with Crippen molar-refractivity contribution in [2.24, 2.45) is 0 Å². The fourth-order valence-corrected chi connectivity index (χ4v) is 11.8. The van der Waals surface area contributed by atoms with Crippen LogP contribution in [0.25, 0.3) is 32.7 Å². The fourth-order valence-electron chi connectivity index (χ4n) is 11.8. The van der Waals surface area contributed by atoms with E-state index in [9.17, 15) is 0 Å². The van der Waals surface area contributed by atoms with Crippen molar-refractivity contribution in [2.45, 2.75) is 165 Å². The first-order chi connectivity index (χ1) is 39.9. The molecule has 424 valence electrons. The van der Waals surface area contributed by atoms with Crippen LogP contribution in [0.1, 0.15) is 159 Å². The van der Waals surface area contributed by atoms with Crippen LogP contribution in [0.15, 0.2) is 224 Å². The SMILES string of the molecule is CCCCCCCCC1(CCCCCCCC)c2cc(C)ccc2-c2ccc(C)cc21.Cc1c2ccccc2c(C)c2ccccc12.Cc1ccc(N(c2ccccc2)c2ccc(C)cc2)cc1.Cc1ccccc1.Cc1ccccc1. The molecule has 82 heavy (non-hydrogen) atoms. The monoisotopic (exact) mass is 1080 g/mol. The average Bonchev–Trinajstić information content (AvgIpc) is 3.84. The number of aryl methyl sites for hydroxylation is 8.